The van der Waals surface area contributed by atoms with Crippen LogP contribution in [0, 0.1) is 0 Å². The Morgan fingerprint density at radius 3 is 2.89 bits per heavy atom. The molecule has 0 aliphatic carbocycles. The van der Waals surface area contributed by atoms with Crippen molar-refractivity contribution < 1.29 is 9.59 Å². The number of amides is 2. The van der Waals surface area contributed by atoms with Gasteiger partial charge in [-0.15, -0.1) is 11.8 Å². The Bertz CT molecular complexity index is 1000. The van der Waals surface area contributed by atoms with Gasteiger partial charge in [0.1, 0.15) is 0 Å². The molecule has 2 N–H and O–H groups in total. The highest BCUT2D eigenvalue weighted by atomic mass is 32.2. The number of hydrogen-bond acceptors (Lipinski definition) is 4. The number of carbonyl (C=O) groups excluding carboxylic acids is 2. The predicted molar refractivity (Wildman–Crippen MR) is 106 cm³/mol. The first-order chi connectivity index (χ1) is 13.1. The second-order valence-electron chi connectivity index (χ2n) is 6.33. The number of aromatic nitrogens is 2. The fraction of sp³-hybridized carbons (Fsp3) is 0.150. The zero-order valence-electron chi connectivity index (χ0n) is 14.7. The number of nitrogens with zero attached hydrogens (tertiary/aromatic N) is 2. The summed E-state index contributed by atoms with van der Waals surface area (Å²) in [5.74, 6) is -0.290. The van der Waals surface area contributed by atoms with Crippen LogP contribution < -0.4 is 10.6 Å². The van der Waals surface area contributed by atoms with Crippen LogP contribution in [-0.2, 0) is 11.3 Å². The number of rotatable bonds is 4. The van der Waals surface area contributed by atoms with Gasteiger partial charge in [-0.1, -0.05) is 30.3 Å². The molecule has 7 heteroatoms. The van der Waals surface area contributed by atoms with E-state index in [0.29, 0.717) is 23.5 Å². The predicted octanol–water partition coefficient (Wildman–Crippen LogP) is 3.62. The molecule has 1 aliphatic rings. The van der Waals surface area contributed by atoms with E-state index in [9.17, 15) is 9.59 Å². The Hall–Kier alpha value is -3.06. The first-order valence-electron chi connectivity index (χ1n) is 8.58. The van der Waals surface area contributed by atoms with Crippen LogP contribution in [0.15, 0.2) is 65.8 Å². The number of carbonyl (C=O) groups is 2. The van der Waals surface area contributed by atoms with Gasteiger partial charge < -0.3 is 10.6 Å². The lowest BCUT2D eigenvalue weighted by Crippen LogP contribution is -2.26. The summed E-state index contributed by atoms with van der Waals surface area (Å²) in [6.07, 6.45) is 3.42. The molecule has 0 unspecified atom stereocenters. The van der Waals surface area contributed by atoms with Crippen LogP contribution in [0.5, 0.6) is 0 Å². The first kappa shape index (κ1) is 17.4. The molecule has 0 saturated carbocycles. The van der Waals surface area contributed by atoms with Gasteiger partial charge in [0.05, 0.1) is 29.4 Å². The molecule has 1 aliphatic heterocycles. The minimum Gasteiger partial charge on any atom is -0.324 e. The summed E-state index contributed by atoms with van der Waals surface area (Å²) in [5.41, 5.74) is 2.92. The maximum absolute atomic E-state index is 12.5. The summed E-state index contributed by atoms with van der Waals surface area (Å²) in [7, 11) is 0. The Balaban J connectivity index is 1.45. The van der Waals surface area contributed by atoms with Gasteiger partial charge in [0, 0.05) is 16.7 Å². The molecule has 136 valence electrons. The third-order valence-corrected chi connectivity index (χ3v) is 5.43. The van der Waals surface area contributed by atoms with Crippen LogP contribution in [0.25, 0.3) is 0 Å². The molecule has 27 heavy (non-hydrogen) atoms. The van der Waals surface area contributed by atoms with Crippen molar-refractivity contribution >= 4 is 35.0 Å². The van der Waals surface area contributed by atoms with Crippen molar-refractivity contribution in [2.45, 2.75) is 23.6 Å². The van der Waals surface area contributed by atoms with Crippen molar-refractivity contribution in [3.8, 4) is 0 Å². The van der Waals surface area contributed by atoms with Crippen molar-refractivity contribution in [3.63, 3.8) is 0 Å². The second-order valence-corrected chi connectivity index (χ2v) is 7.71. The smallest absolute Gasteiger partial charge is 0.255 e. The Morgan fingerprint density at radius 2 is 2.07 bits per heavy atom. The van der Waals surface area contributed by atoms with Gasteiger partial charge in [-0.05, 0) is 30.7 Å². The second kappa shape index (κ2) is 7.28. The molecule has 1 atom stereocenters. The summed E-state index contributed by atoms with van der Waals surface area (Å²) in [6, 6.07) is 15.3. The van der Waals surface area contributed by atoms with Gasteiger partial charge in [0.2, 0.25) is 5.91 Å². The van der Waals surface area contributed by atoms with Gasteiger partial charge in [-0.3, -0.25) is 14.3 Å². The number of nitrogens with one attached hydrogen (secondary N) is 2. The van der Waals surface area contributed by atoms with Gasteiger partial charge in [-0.2, -0.15) is 5.10 Å². The van der Waals surface area contributed by atoms with E-state index in [0.717, 1.165) is 10.5 Å². The lowest BCUT2D eigenvalue weighted by Gasteiger charge is -2.21. The molecule has 0 spiro atoms. The van der Waals surface area contributed by atoms with E-state index in [4.69, 9.17) is 0 Å². The Morgan fingerprint density at radius 1 is 1.26 bits per heavy atom. The van der Waals surface area contributed by atoms with Gasteiger partial charge in [-0.25, -0.2) is 0 Å². The fourth-order valence-electron chi connectivity index (χ4n) is 2.84. The summed E-state index contributed by atoms with van der Waals surface area (Å²) < 4.78 is 1.77. The third-order valence-electron chi connectivity index (χ3n) is 4.25. The zero-order chi connectivity index (χ0) is 18.8. The minimum atomic E-state index is -0.241. The minimum absolute atomic E-state index is 0.0488. The van der Waals surface area contributed by atoms with Gasteiger partial charge in [0.15, 0.2) is 0 Å². The van der Waals surface area contributed by atoms with Crippen LogP contribution in [0.3, 0.4) is 0 Å². The highest BCUT2D eigenvalue weighted by Gasteiger charge is 2.23. The fourth-order valence-corrected chi connectivity index (χ4v) is 3.77. The Labute approximate surface area is 161 Å². The summed E-state index contributed by atoms with van der Waals surface area (Å²) >= 11 is 1.49. The summed E-state index contributed by atoms with van der Waals surface area (Å²) in [6.45, 7) is 2.49. The monoisotopic (exact) mass is 378 g/mol. The quantitative estimate of drug-likeness (QED) is 0.727. The molecular weight excluding hydrogens is 360 g/mol. The normalized spacial score (nSPS) is 15.7. The summed E-state index contributed by atoms with van der Waals surface area (Å²) in [4.78, 5) is 25.4. The van der Waals surface area contributed by atoms with Crippen LogP contribution >= 0.6 is 11.8 Å². The molecule has 0 fully saturated rings. The van der Waals surface area contributed by atoms with Crippen molar-refractivity contribution in [3.05, 3.63) is 72.1 Å². The van der Waals surface area contributed by atoms with Gasteiger partial charge >= 0.3 is 0 Å². The molecule has 3 aromatic rings. The van der Waals surface area contributed by atoms with E-state index in [2.05, 4.69) is 15.7 Å². The molecule has 0 saturated heterocycles. The average molecular weight is 378 g/mol. The van der Waals surface area contributed by atoms with Crippen LogP contribution in [-0.4, -0.2) is 26.8 Å². The van der Waals surface area contributed by atoms with E-state index in [1.807, 2.05) is 43.3 Å². The number of benzene rings is 2. The first-order valence-corrected chi connectivity index (χ1v) is 9.46. The largest absolute Gasteiger partial charge is 0.324 e. The van der Waals surface area contributed by atoms with E-state index in [1.165, 1.54) is 11.8 Å². The van der Waals surface area contributed by atoms with E-state index < -0.39 is 0 Å². The summed E-state index contributed by atoms with van der Waals surface area (Å²) in [5, 5.41) is 9.85. The number of hydrogen-bond donors (Lipinski definition) is 2. The van der Waals surface area contributed by atoms with Crippen LogP contribution in [0.4, 0.5) is 11.4 Å². The standard InChI is InChI=1S/C20H18N4O2S/c1-13-19(25)23-17-9-15(7-8-18(17)27-13)20(26)22-16-10-21-24(12-16)11-14-5-3-2-4-6-14/h2-10,12-13H,11H2,1H3,(H,22,26)(H,23,25)/t13-/m1/s1. The van der Waals surface area contributed by atoms with E-state index in [1.54, 1.807) is 29.2 Å². The molecule has 1 aromatic heterocycles. The lowest BCUT2D eigenvalue weighted by molar-refractivity contribution is -0.115. The van der Waals surface area contributed by atoms with Crippen molar-refractivity contribution in [2.75, 3.05) is 10.6 Å². The number of anilines is 2. The number of fused-ring (bicyclic) bond motifs is 1. The lowest BCUT2D eigenvalue weighted by atomic mass is 10.1. The van der Waals surface area contributed by atoms with Gasteiger partial charge in [0.25, 0.3) is 5.91 Å². The van der Waals surface area contributed by atoms with Crippen molar-refractivity contribution in [1.82, 2.24) is 9.78 Å². The Kier molecular flexibility index (Phi) is 4.68. The zero-order valence-corrected chi connectivity index (χ0v) is 15.5. The van der Waals surface area contributed by atoms with Crippen LogP contribution in [0.1, 0.15) is 22.8 Å². The molecule has 2 aromatic carbocycles. The number of thioether (sulfide) groups is 1. The molecule has 0 bridgehead atoms. The highest BCUT2D eigenvalue weighted by Crippen LogP contribution is 2.36. The molecule has 4 rings (SSSR count). The highest BCUT2D eigenvalue weighted by molar-refractivity contribution is 8.00. The van der Waals surface area contributed by atoms with E-state index in [-0.39, 0.29) is 17.1 Å². The molecule has 6 nitrogen and oxygen atoms in total. The van der Waals surface area contributed by atoms with Crippen molar-refractivity contribution in [1.29, 1.82) is 0 Å². The van der Waals surface area contributed by atoms with Crippen molar-refractivity contribution in [2.24, 2.45) is 0 Å². The van der Waals surface area contributed by atoms with E-state index >= 15 is 0 Å². The maximum Gasteiger partial charge on any atom is 0.255 e. The molecule has 2 amide bonds. The topological polar surface area (TPSA) is 76.0 Å². The maximum atomic E-state index is 12.5. The molecular formula is C20H18N4O2S. The third kappa shape index (κ3) is 3.88. The molecule has 2 heterocycles. The van der Waals surface area contributed by atoms with Crippen LogP contribution in [0.2, 0.25) is 0 Å². The SMILES string of the molecule is C[C@H]1Sc2ccc(C(=O)Nc3cnn(Cc4ccccc4)c3)cc2NC1=O. The average Bonchev–Trinajstić information content (AvgIpc) is 3.10. The molecule has 0 radical (unpaired) electrons.